The lowest BCUT2D eigenvalue weighted by Gasteiger charge is -1.96. The third-order valence-electron chi connectivity index (χ3n) is 2.17. The summed E-state index contributed by atoms with van der Waals surface area (Å²) in [5.74, 6) is 0. The summed E-state index contributed by atoms with van der Waals surface area (Å²) in [4.78, 5) is 3.02. The standard InChI is InChI=1S/C9H7N5.ClH/c1-2-10-9-7(1)8(5-13-14-9)6-3-11-12-4-6;/h1-5H,(H,10,14)(H,11,12);1H. The minimum Gasteiger partial charge on any atom is -0.345 e. The number of hydrogen-bond donors (Lipinski definition) is 2. The second-order valence-electron chi connectivity index (χ2n) is 2.99. The summed E-state index contributed by atoms with van der Waals surface area (Å²) in [5.41, 5.74) is 2.85. The lowest BCUT2D eigenvalue weighted by molar-refractivity contribution is 1.06. The SMILES string of the molecule is Cl.c1cc2c(-c3cn[nH]c3)cnnc2[nH]1. The normalized spacial score (nSPS) is 10.1. The molecular weight excluding hydrogens is 214 g/mol. The van der Waals surface area contributed by atoms with Crippen molar-refractivity contribution in [1.82, 2.24) is 25.4 Å². The highest BCUT2D eigenvalue weighted by atomic mass is 35.5. The summed E-state index contributed by atoms with van der Waals surface area (Å²) in [7, 11) is 0. The van der Waals surface area contributed by atoms with Crippen LogP contribution < -0.4 is 0 Å². The molecule has 15 heavy (non-hydrogen) atoms. The van der Waals surface area contributed by atoms with Crippen molar-refractivity contribution in [1.29, 1.82) is 0 Å². The van der Waals surface area contributed by atoms with Gasteiger partial charge in [0.25, 0.3) is 0 Å². The first-order valence-corrected chi connectivity index (χ1v) is 4.23. The molecule has 5 nitrogen and oxygen atoms in total. The number of rotatable bonds is 1. The molecule has 6 heteroatoms. The van der Waals surface area contributed by atoms with Crippen LogP contribution in [0.4, 0.5) is 0 Å². The van der Waals surface area contributed by atoms with E-state index in [9.17, 15) is 0 Å². The Kier molecular flexibility index (Phi) is 2.39. The molecule has 0 spiro atoms. The average Bonchev–Trinajstić information content (AvgIpc) is 2.88. The third kappa shape index (κ3) is 1.46. The molecule has 3 aromatic rings. The smallest absolute Gasteiger partial charge is 0.160 e. The molecule has 0 aliphatic carbocycles. The van der Waals surface area contributed by atoms with E-state index < -0.39 is 0 Å². The van der Waals surface area contributed by atoms with Gasteiger partial charge < -0.3 is 4.98 Å². The van der Waals surface area contributed by atoms with E-state index in [1.165, 1.54) is 0 Å². The number of hydrogen-bond acceptors (Lipinski definition) is 3. The number of aromatic nitrogens is 5. The van der Waals surface area contributed by atoms with Crippen molar-refractivity contribution in [3.8, 4) is 11.1 Å². The van der Waals surface area contributed by atoms with Gasteiger partial charge in [-0.2, -0.15) is 10.2 Å². The molecule has 3 rings (SSSR count). The van der Waals surface area contributed by atoms with Crippen LogP contribution in [0.3, 0.4) is 0 Å². The Hall–Kier alpha value is -1.88. The van der Waals surface area contributed by atoms with Crippen LogP contribution in [0.1, 0.15) is 0 Å². The van der Waals surface area contributed by atoms with E-state index in [1.807, 2.05) is 18.5 Å². The van der Waals surface area contributed by atoms with E-state index in [0.717, 1.165) is 22.2 Å². The van der Waals surface area contributed by atoms with Gasteiger partial charge in [-0.3, -0.25) is 5.10 Å². The fraction of sp³-hybridized carbons (Fsp3) is 0. The molecule has 0 saturated heterocycles. The van der Waals surface area contributed by atoms with Crippen LogP contribution in [0.15, 0.2) is 30.9 Å². The highest BCUT2D eigenvalue weighted by Gasteiger charge is 2.06. The molecule has 76 valence electrons. The summed E-state index contributed by atoms with van der Waals surface area (Å²) in [6, 6.07) is 1.98. The molecule has 0 amide bonds. The fourth-order valence-corrected chi connectivity index (χ4v) is 1.50. The second-order valence-corrected chi connectivity index (χ2v) is 2.99. The van der Waals surface area contributed by atoms with E-state index in [2.05, 4.69) is 25.4 Å². The van der Waals surface area contributed by atoms with Gasteiger partial charge in [-0.15, -0.1) is 17.5 Å². The average molecular weight is 222 g/mol. The molecule has 2 N–H and O–H groups in total. The lowest BCUT2D eigenvalue weighted by atomic mass is 10.1. The van der Waals surface area contributed by atoms with Crippen LogP contribution in [0, 0.1) is 0 Å². The van der Waals surface area contributed by atoms with Crippen molar-refractivity contribution in [2.75, 3.05) is 0 Å². The quantitative estimate of drug-likeness (QED) is 0.658. The molecule has 0 radical (unpaired) electrons. The van der Waals surface area contributed by atoms with Crippen LogP contribution in [0.5, 0.6) is 0 Å². The van der Waals surface area contributed by atoms with E-state index >= 15 is 0 Å². The topological polar surface area (TPSA) is 70.2 Å². The number of aromatic amines is 2. The van der Waals surface area contributed by atoms with Gasteiger partial charge in [0.15, 0.2) is 5.65 Å². The van der Waals surface area contributed by atoms with E-state index in [0.29, 0.717) is 0 Å². The monoisotopic (exact) mass is 221 g/mol. The maximum atomic E-state index is 3.98. The summed E-state index contributed by atoms with van der Waals surface area (Å²) in [6.45, 7) is 0. The van der Waals surface area contributed by atoms with Crippen LogP contribution in [-0.4, -0.2) is 25.4 Å². The summed E-state index contributed by atoms with van der Waals surface area (Å²) in [6.07, 6.45) is 7.19. The Bertz CT molecular complexity index is 557. The van der Waals surface area contributed by atoms with Gasteiger partial charge in [-0.05, 0) is 6.07 Å². The number of H-pyrrole nitrogens is 2. The molecule has 0 fully saturated rings. The zero-order valence-electron chi connectivity index (χ0n) is 7.64. The van der Waals surface area contributed by atoms with E-state index in [1.54, 1.807) is 12.4 Å². The highest BCUT2D eigenvalue weighted by molar-refractivity contribution is 5.91. The summed E-state index contributed by atoms with van der Waals surface area (Å²) >= 11 is 0. The number of halogens is 1. The number of nitrogens with zero attached hydrogens (tertiary/aromatic N) is 3. The Labute approximate surface area is 91.3 Å². The van der Waals surface area contributed by atoms with Gasteiger partial charge in [-0.25, -0.2) is 0 Å². The molecule has 0 bridgehead atoms. The van der Waals surface area contributed by atoms with E-state index in [-0.39, 0.29) is 12.4 Å². The van der Waals surface area contributed by atoms with E-state index in [4.69, 9.17) is 0 Å². The number of nitrogens with one attached hydrogen (secondary N) is 2. The second kappa shape index (κ2) is 3.70. The molecule has 3 heterocycles. The Morgan fingerprint density at radius 3 is 2.93 bits per heavy atom. The predicted octanol–water partition coefficient (Wildman–Crippen LogP) is 1.77. The van der Waals surface area contributed by atoms with Crippen molar-refractivity contribution in [3.05, 3.63) is 30.9 Å². The third-order valence-corrected chi connectivity index (χ3v) is 2.17. The van der Waals surface area contributed by atoms with Crippen molar-refractivity contribution in [2.24, 2.45) is 0 Å². The van der Waals surface area contributed by atoms with Crippen LogP contribution >= 0.6 is 12.4 Å². The largest absolute Gasteiger partial charge is 0.345 e. The molecule has 0 saturated carbocycles. The highest BCUT2D eigenvalue weighted by Crippen LogP contribution is 2.24. The van der Waals surface area contributed by atoms with Gasteiger partial charge in [0, 0.05) is 28.9 Å². The van der Waals surface area contributed by atoms with Gasteiger partial charge in [-0.1, -0.05) is 0 Å². The molecular formula is C9H8ClN5. The minimum atomic E-state index is 0. The maximum absolute atomic E-state index is 3.98. The fourth-order valence-electron chi connectivity index (χ4n) is 1.50. The molecule has 0 aliphatic rings. The first-order valence-electron chi connectivity index (χ1n) is 4.23. The zero-order chi connectivity index (χ0) is 9.38. The van der Waals surface area contributed by atoms with Gasteiger partial charge in [0.2, 0.25) is 0 Å². The van der Waals surface area contributed by atoms with Crippen LogP contribution in [0.25, 0.3) is 22.2 Å². The predicted molar refractivity (Wildman–Crippen MR) is 58.7 cm³/mol. The number of fused-ring (bicyclic) bond motifs is 1. The molecule has 0 atom stereocenters. The van der Waals surface area contributed by atoms with Crippen molar-refractivity contribution < 1.29 is 0 Å². The first-order chi connectivity index (χ1) is 6.95. The van der Waals surface area contributed by atoms with Crippen molar-refractivity contribution >= 4 is 23.4 Å². The molecule has 3 aromatic heterocycles. The first kappa shape index (κ1) is 9.67. The Morgan fingerprint density at radius 2 is 2.13 bits per heavy atom. The van der Waals surface area contributed by atoms with Crippen LogP contribution in [0.2, 0.25) is 0 Å². The van der Waals surface area contributed by atoms with Crippen molar-refractivity contribution in [2.45, 2.75) is 0 Å². The van der Waals surface area contributed by atoms with Gasteiger partial charge in [0.05, 0.1) is 12.4 Å². The summed E-state index contributed by atoms with van der Waals surface area (Å²) < 4.78 is 0. The molecule has 0 aromatic carbocycles. The Morgan fingerprint density at radius 1 is 1.20 bits per heavy atom. The summed E-state index contributed by atoms with van der Waals surface area (Å²) in [5, 5.41) is 15.6. The Balaban J connectivity index is 0.000000853. The maximum Gasteiger partial charge on any atom is 0.160 e. The molecule has 0 aliphatic heterocycles. The van der Waals surface area contributed by atoms with Gasteiger partial charge in [0.1, 0.15) is 0 Å². The minimum absolute atomic E-state index is 0. The van der Waals surface area contributed by atoms with Gasteiger partial charge >= 0.3 is 0 Å². The lowest BCUT2D eigenvalue weighted by Crippen LogP contribution is -1.84. The van der Waals surface area contributed by atoms with Crippen molar-refractivity contribution in [3.63, 3.8) is 0 Å². The zero-order valence-corrected chi connectivity index (χ0v) is 8.45. The van der Waals surface area contributed by atoms with Crippen LogP contribution in [-0.2, 0) is 0 Å². The molecule has 0 unspecified atom stereocenters.